The zero-order chi connectivity index (χ0) is 26.2. The number of ether oxygens (including phenoxy) is 2. The molecule has 2 aliphatic carbocycles. The maximum absolute atomic E-state index is 13.3. The Morgan fingerprint density at radius 2 is 2.03 bits per heavy atom. The Balaban J connectivity index is 1.28. The zero-order valence-corrected chi connectivity index (χ0v) is 20.7. The number of carbonyl (C=O) groups excluding carboxylic acids is 1. The lowest BCUT2D eigenvalue weighted by Crippen LogP contribution is -2.77. The van der Waals surface area contributed by atoms with E-state index in [-0.39, 0.29) is 29.8 Å². The molecule has 0 unspecified atom stereocenters. The van der Waals surface area contributed by atoms with Crippen LogP contribution in [0.3, 0.4) is 0 Å². The van der Waals surface area contributed by atoms with Gasteiger partial charge in [-0.15, -0.1) is 13.2 Å². The van der Waals surface area contributed by atoms with Gasteiger partial charge in [-0.25, -0.2) is 0 Å². The molecule has 5 atom stereocenters. The molecule has 6 rings (SSSR count). The first kappa shape index (κ1) is 24.3. The molecule has 2 heterocycles. The molecule has 1 saturated heterocycles. The second-order valence-electron chi connectivity index (χ2n) is 10.7. The van der Waals surface area contributed by atoms with E-state index in [4.69, 9.17) is 4.74 Å². The SMILES string of the molecule is CN1CC[C@]23c4c5cccc4O[C@H]2[C@@H](N(C)C(=O)C=Cc2cccc(OC(F)(F)F)c2)CC[C@@]3(O)[C@H]1C5. The Morgan fingerprint density at radius 3 is 2.81 bits per heavy atom. The molecule has 1 spiro atoms. The number of benzene rings is 2. The van der Waals surface area contributed by atoms with Crippen molar-refractivity contribution in [1.29, 1.82) is 0 Å². The van der Waals surface area contributed by atoms with Crippen LogP contribution in [0.25, 0.3) is 6.08 Å². The van der Waals surface area contributed by atoms with Crippen molar-refractivity contribution in [3.8, 4) is 11.5 Å². The Bertz CT molecular complexity index is 1280. The van der Waals surface area contributed by atoms with Crippen LogP contribution in [0.15, 0.2) is 48.5 Å². The van der Waals surface area contributed by atoms with E-state index in [1.807, 2.05) is 12.1 Å². The molecule has 0 radical (unpaired) electrons. The summed E-state index contributed by atoms with van der Waals surface area (Å²) in [5.74, 6) is 0.172. The van der Waals surface area contributed by atoms with Gasteiger partial charge in [-0.05, 0) is 74.7 Å². The van der Waals surface area contributed by atoms with Gasteiger partial charge >= 0.3 is 6.36 Å². The number of hydrogen-bond donors (Lipinski definition) is 1. The van der Waals surface area contributed by atoms with Crippen molar-refractivity contribution in [2.75, 3.05) is 20.6 Å². The van der Waals surface area contributed by atoms with Gasteiger partial charge in [0.15, 0.2) is 0 Å². The predicted octanol–water partition coefficient (Wildman–Crippen LogP) is 3.91. The van der Waals surface area contributed by atoms with Crippen molar-refractivity contribution in [3.63, 3.8) is 0 Å². The molecule has 2 aromatic rings. The van der Waals surface area contributed by atoms with Crippen molar-refractivity contribution >= 4 is 12.0 Å². The summed E-state index contributed by atoms with van der Waals surface area (Å²) >= 11 is 0. The third-order valence-electron chi connectivity index (χ3n) is 8.95. The largest absolute Gasteiger partial charge is 0.573 e. The summed E-state index contributed by atoms with van der Waals surface area (Å²) in [4.78, 5) is 17.2. The third kappa shape index (κ3) is 3.58. The van der Waals surface area contributed by atoms with Crippen LogP contribution >= 0.6 is 0 Å². The summed E-state index contributed by atoms with van der Waals surface area (Å²) < 4.78 is 48.2. The summed E-state index contributed by atoms with van der Waals surface area (Å²) in [6, 6.07) is 11.3. The number of halogens is 3. The van der Waals surface area contributed by atoms with E-state index in [1.54, 1.807) is 18.0 Å². The van der Waals surface area contributed by atoms with E-state index < -0.39 is 17.4 Å². The number of piperidine rings is 1. The molecule has 6 nitrogen and oxygen atoms in total. The normalized spacial score (nSPS) is 32.1. The minimum atomic E-state index is -4.79. The van der Waals surface area contributed by atoms with Crippen LogP contribution in [-0.4, -0.2) is 71.6 Å². The van der Waals surface area contributed by atoms with E-state index in [1.165, 1.54) is 35.9 Å². The van der Waals surface area contributed by atoms with Crippen molar-refractivity contribution < 1.29 is 32.5 Å². The highest BCUT2D eigenvalue weighted by Gasteiger charge is 2.72. The van der Waals surface area contributed by atoms with Crippen molar-refractivity contribution in [2.24, 2.45) is 0 Å². The number of nitrogens with zero attached hydrogens (tertiary/aromatic N) is 2. The molecule has 0 aromatic heterocycles. The number of amides is 1. The van der Waals surface area contributed by atoms with Crippen molar-refractivity contribution in [1.82, 2.24) is 9.80 Å². The van der Waals surface area contributed by atoms with Crippen LogP contribution < -0.4 is 9.47 Å². The summed E-state index contributed by atoms with van der Waals surface area (Å²) in [5, 5.41) is 12.2. The lowest BCUT2D eigenvalue weighted by atomic mass is 9.48. The molecule has 2 bridgehead atoms. The molecule has 1 N–H and O–H groups in total. The summed E-state index contributed by atoms with van der Waals surface area (Å²) in [7, 11) is 3.79. The molecular weight excluding hydrogens is 485 g/mol. The van der Waals surface area contributed by atoms with Gasteiger partial charge in [-0.1, -0.05) is 24.3 Å². The Kier molecular flexibility index (Phi) is 5.41. The fourth-order valence-electron chi connectivity index (χ4n) is 7.36. The summed E-state index contributed by atoms with van der Waals surface area (Å²) in [6.45, 7) is 0.835. The number of rotatable bonds is 4. The smallest absolute Gasteiger partial charge is 0.487 e. The Labute approximate surface area is 213 Å². The first-order chi connectivity index (χ1) is 17.5. The van der Waals surface area contributed by atoms with Crippen LogP contribution in [0.1, 0.15) is 36.0 Å². The van der Waals surface area contributed by atoms with Crippen molar-refractivity contribution in [3.05, 3.63) is 65.2 Å². The quantitative estimate of drug-likeness (QED) is 0.627. The zero-order valence-electron chi connectivity index (χ0n) is 20.7. The first-order valence-corrected chi connectivity index (χ1v) is 12.6. The van der Waals surface area contributed by atoms with Gasteiger partial charge in [0.05, 0.1) is 17.1 Å². The van der Waals surface area contributed by atoms with Gasteiger partial charge in [0.2, 0.25) is 5.91 Å². The Morgan fingerprint density at radius 1 is 1.24 bits per heavy atom. The first-order valence-electron chi connectivity index (χ1n) is 12.6. The third-order valence-corrected chi connectivity index (χ3v) is 8.95. The highest BCUT2D eigenvalue weighted by molar-refractivity contribution is 5.92. The topological polar surface area (TPSA) is 62.2 Å². The maximum Gasteiger partial charge on any atom is 0.573 e. The molecule has 196 valence electrons. The number of likely N-dealkylation sites (tertiary alicyclic amines) is 1. The highest BCUT2D eigenvalue weighted by atomic mass is 19.4. The number of aliphatic hydroxyl groups is 1. The number of hydrogen-bond acceptors (Lipinski definition) is 5. The van der Waals surface area contributed by atoms with Crippen LogP contribution in [0.2, 0.25) is 0 Å². The van der Waals surface area contributed by atoms with E-state index in [0.717, 1.165) is 30.7 Å². The molecule has 4 aliphatic rings. The molecule has 1 amide bonds. The molecule has 9 heteroatoms. The molecule has 2 fully saturated rings. The number of carbonyl (C=O) groups is 1. The molecule has 2 aliphatic heterocycles. The van der Waals surface area contributed by atoms with E-state index >= 15 is 0 Å². The monoisotopic (exact) mass is 514 g/mol. The van der Waals surface area contributed by atoms with Gasteiger partial charge in [0.1, 0.15) is 17.6 Å². The van der Waals surface area contributed by atoms with Crippen LogP contribution in [0.4, 0.5) is 13.2 Å². The molecular formula is C28H29F3N2O4. The molecule has 1 saturated carbocycles. The number of alkyl halides is 3. The van der Waals surface area contributed by atoms with E-state index in [0.29, 0.717) is 18.4 Å². The van der Waals surface area contributed by atoms with E-state index in [9.17, 15) is 23.1 Å². The second-order valence-corrected chi connectivity index (χ2v) is 10.7. The Hall–Kier alpha value is -3.04. The summed E-state index contributed by atoms with van der Waals surface area (Å²) in [6.07, 6.45) is 0.319. The van der Waals surface area contributed by atoms with Gasteiger partial charge in [0, 0.05) is 24.7 Å². The average molecular weight is 515 g/mol. The van der Waals surface area contributed by atoms with Gasteiger partial charge in [0.25, 0.3) is 0 Å². The fraction of sp³-hybridized carbons (Fsp3) is 0.464. The maximum atomic E-state index is 13.3. The predicted molar refractivity (Wildman–Crippen MR) is 130 cm³/mol. The minimum Gasteiger partial charge on any atom is -0.487 e. The van der Waals surface area contributed by atoms with Crippen LogP contribution in [0, 0.1) is 0 Å². The fourth-order valence-corrected chi connectivity index (χ4v) is 7.36. The standard InChI is InChI=1S/C28H29F3N2O4/c1-32-14-13-26-24-18-6-4-8-21(24)36-25(26)20(11-12-27(26,35)22(32)16-18)33(2)23(34)10-9-17-5-3-7-19(15-17)37-28(29,30)31/h3-10,15,20,22,25,35H,11-14,16H2,1-2H3/t20-,22+,25-,26-,27+/m0/s1. The second kappa shape index (κ2) is 8.23. The minimum absolute atomic E-state index is 0.0127. The van der Waals surface area contributed by atoms with Gasteiger partial charge in [-0.2, -0.15) is 0 Å². The summed E-state index contributed by atoms with van der Waals surface area (Å²) in [5.41, 5.74) is 1.20. The van der Waals surface area contributed by atoms with Gasteiger partial charge in [-0.3, -0.25) is 4.79 Å². The molecule has 2 aromatic carbocycles. The molecule has 37 heavy (non-hydrogen) atoms. The average Bonchev–Trinajstić information content (AvgIpc) is 3.18. The lowest BCUT2D eigenvalue weighted by molar-refractivity contribution is -0.274. The van der Waals surface area contributed by atoms with Crippen LogP contribution in [-0.2, 0) is 16.6 Å². The van der Waals surface area contributed by atoms with E-state index in [2.05, 4.69) is 22.8 Å². The van der Waals surface area contributed by atoms with Gasteiger partial charge < -0.3 is 24.4 Å². The number of likely N-dealkylation sites (N-methyl/N-ethyl adjacent to an activating group) is 2. The van der Waals surface area contributed by atoms with Crippen molar-refractivity contribution in [2.45, 2.75) is 61.2 Å². The lowest BCUT2D eigenvalue weighted by Gasteiger charge is -2.64. The van der Waals surface area contributed by atoms with Crippen LogP contribution in [0.5, 0.6) is 11.5 Å². The highest BCUT2D eigenvalue weighted by Crippen LogP contribution is 2.64.